The first-order chi connectivity index (χ1) is 29.6. The van der Waals surface area contributed by atoms with Crippen LogP contribution in [0.3, 0.4) is 0 Å². The lowest BCUT2D eigenvalue weighted by Crippen LogP contribution is -2.28. The third-order valence-electron chi connectivity index (χ3n) is 11.9. The molecule has 0 aromatic rings. The Morgan fingerprint density at radius 2 is 0.667 bits per heavy atom. The van der Waals surface area contributed by atoms with Crippen LogP contribution in [0.1, 0.15) is 284 Å². The van der Waals surface area contributed by atoms with E-state index in [-0.39, 0.29) is 25.2 Å². The van der Waals surface area contributed by atoms with E-state index in [1.165, 1.54) is 212 Å². The fourth-order valence-corrected chi connectivity index (χ4v) is 7.92. The number of aliphatic hydroxyl groups excluding tert-OH is 1. The second-order valence-corrected chi connectivity index (χ2v) is 18.0. The molecule has 60 heavy (non-hydrogen) atoms. The summed E-state index contributed by atoms with van der Waals surface area (Å²) in [6.45, 7) is 4.17. The number of rotatable bonds is 49. The second kappa shape index (κ2) is 51.5. The van der Waals surface area contributed by atoms with Gasteiger partial charge in [0.25, 0.3) is 0 Å². The average Bonchev–Trinajstić information content (AvgIpc) is 3.25. The molecular weight excluding hydrogens is 741 g/mol. The van der Waals surface area contributed by atoms with E-state index in [2.05, 4.69) is 50.3 Å². The lowest BCUT2D eigenvalue weighted by molar-refractivity contribution is -0.161. The van der Waals surface area contributed by atoms with E-state index in [9.17, 15) is 14.7 Å². The molecule has 0 heterocycles. The van der Waals surface area contributed by atoms with E-state index in [0.717, 1.165) is 44.9 Å². The Morgan fingerprint density at radius 3 is 1.00 bits per heavy atom. The standard InChI is InChI=1S/C55H102O5/c1-3-5-7-9-11-13-15-17-19-21-23-24-25-26-27-28-29-30-32-34-36-38-40-42-44-46-48-50-55(58)60-53(51-56)52-59-54(57)49-47-45-43-41-39-37-35-33-31-22-20-18-16-14-12-10-8-6-4-2/h15,17,21,23,25-26,53,56H,3-14,16,18-20,22,24,27-52H2,1-2H3/b17-15-,23-21-,26-25-. The summed E-state index contributed by atoms with van der Waals surface area (Å²) in [7, 11) is 0. The van der Waals surface area contributed by atoms with Crippen molar-refractivity contribution >= 4 is 11.9 Å². The highest BCUT2D eigenvalue weighted by Crippen LogP contribution is 2.16. The minimum Gasteiger partial charge on any atom is -0.462 e. The van der Waals surface area contributed by atoms with Crippen molar-refractivity contribution in [2.45, 2.75) is 290 Å². The minimum absolute atomic E-state index is 0.0620. The zero-order chi connectivity index (χ0) is 43.5. The summed E-state index contributed by atoms with van der Waals surface area (Å²) in [5.41, 5.74) is 0. The van der Waals surface area contributed by atoms with E-state index < -0.39 is 6.10 Å². The summed E-state index contributed by atoms with van der Waals surface area (Å²) >= 11 is 0. The molecule has 5 nitrogen and oxygen atoms in total. The van der Waals surface area contributed by atoms with E-state index in [1.54, 1.807) is 0 Å². The number of hydrogen-bond donors (Lipinski definition) is 1. The summed E-state index contributed by atoms with van der Waals surface area (Å²) < 4.78 is 10.7. The topological polar surface area (TPSA) is 72.8 Å². The summed E-state index contributed by atoms with van der Waals surface area (Å²) in [4.78, 5) is 24.5. The molecule has 0 bridgehead atoms. The van der Waals surface area contributed by atoms with Crippen molar-refractivity contribution in [2.75, 3.05) is 13.2 Å². The van der Waals surface area contributed by atoms with Gasteiger partial charge in [0.15, 0.2) is 6.10 Å². The first kappa shape index (κ1) is 58.1. The molecular formula is C55H102O5. The smallest absolute Gasteiger partial charge is 0.306 e. The zero-order valence-electron chi connectivity index (χ0n) is 40.2. The molecule has 352 valence electrons. The first-order valence-electron chi connectivity index (χ1n) is 26.5. The molecule has 0 spiro atoms. The van der Waals surface area contributed by atoms with Crippen LogP contribution in [0.15, 0.2) is 36.5 Å². The number of hydrogen-bond acceptors (Lipinski definition) is 5. The van der Waals surface area contributed by atoms with Gasteiger partial charge in [-0.1, -0.05) is 256 Å². The maximum atomic E-state index is 12.3. The van der Waals surface area contributed by atoms with Crippen molar-refractivity contribution in [3.8, 4) is 0 Å². The average molecular weight is 843 g/mol. The molecule has 5 heteroatoms. The molecule has 0 aliphatic heterocycles. The number of carbonyl (C=O) groups is 2. The number of carbonyl (C=O) groups excluding carboxylic acids is 2. The molecule has 0 radical (unpaired) electrons. The molecule has 0 rings (SSSR count). The van der Waals surface area contributed by atoms with E-state index in [0.29, 0.717) is 12.8 Å². The maximum Gasteiger partial charge on any atom is 0.306 e. The van der Waals surface area contributed by atoms with E-state index in [1.807, 2.05) is 0 Å². The minimum atomic E-state index is -0.770. The van der Waals surface area contributed by atoms with Crippen LogP contribution in [0.25, 0.3) is 0 Å². The zero-order valence-corrected chi connectivity index (χ0v) is 40.2. The summed E-state index contributed by atoms with van der Waals surface area (Å²) in [6.07, 6.45) is 65.3. The van der Waals surface area contributed by atoms with Crippen molar-refractivity contribution < 1.29 is 24.2 Å². The maximum absolute atomic E-state index is 12.3. The van der Waals surface area contributed by atoms with Crippen molar-refractivity contribution in [1.82, 2.24) is 0 Å². The van der Waals surface area contributed by atoms with Gasteiger partial charge in [0.1, 0.15) is 6.61 Å². The largest absolute Gasteiger partial charge is 0.462 e. The van der Waals surface area contributed by atoms with Gasteiger partial charge in [-0.2, -0.15) is 0 Å². The van der Waals surface area contributed by atoms with Gasteiger partial charge in [-0.15, -0.1) is 0 Å². The quantitative estimate of drug-likeness (QED) is 0.0375. The number of aliphatic hydroxyl groups is 1. The molecule has 0 amide bonds. The monoisotopic (exact) mass is 843 g/mol. The molecule has 0 aliphatic carbocycles. The van der Waals surface area contributed by atoms with Crippen molar-refractivity contribution in [3.63, 3.8) is 0 Å². The Bertz CT molecular complexity index is 955. The van der Waals surface area contributed by atoms with Crippen LogP contribution >= 0.6 is 0 Å². The van der Waals surface area contributed by atoms with Gasteiger partial charge in [-0.05, 0) is 51.4 Å². The summed E-state index contributed by atoms with van der Waals surface area (Å²) in [5.74, 6) is -0.578. The van der Waals surface area contributed by atoms with Crippen LogP contribution in [-0.4, -0.2) is 36.4 Å². The van der Waals surface area contributed by atoms with Crippen LogP contribution in [0.5, 0.6) is 0 Å². The highest BCUT2D eigenvalue weighted by atomic mass is 16.6. The van der Waals surface area contributed by atoms with Crippen LogP contribution in [0.2, 0.25) is 0 Å². The number of allylic oxidation sites excluding steroid dienone is 6. The lowest BCUT2D eigenvalue weighted by Gasteiger charge is -2.15. The molecule has 0 fully saturated rings. The van der Waals surface area contributed by atoms with Gasteiger partial charge >= 0.3 is 11.9 Å². The van der Waals surface area contributed by atoms with Crippen molar-refractivity contribution in [2.24, 2.45) is 0 Å². The van der Waals surface area contributed by atoms with Crippen LogP contribution in [0.4, 0.5) is 0 Å². The first-order valence-corrected chi connectivity index (χ1v) is 26.5. The number of esters is 2. The van der Waals surface area contributed by atoms with Crippen LogP contribution in [0, 0.1) is 0 Å². The third-order valence-corrected chi connectivity index (χ3v) is 11.9. The number of ether oxygens (including phenoxy) is 2. The van der Waals surface area contributed by atoms with Gasteiger partial charge < -0.3 is 14.6 Å². The van der Waals surface area contributed by atoms with E-state index in [4.69, 9.17) is 9.47 Å². The normalized spacial score (nSPS) is 12.4. The molecule has 0 saturated carbocycles. The highest BCUT2D eigenvalue weighted by molar-refractivity contribution is 5.70. The Hall–Kier alpha value is -1.88. The molecule has 0 aromatic carbocycles. The van der Waals surface area contributed by atoms with Crippen LogP contribution < -0.4 is 0 Å². The Labute approximate surface area is 374 Å². The highest BCUT2D eigenvalue weighted by Gasteiger charge is 2.16. The fraction of sp³-hybridized carbons (Fsp3) is 0.855. The van der Waals surface area contributed by atoms with Gasteiger partial charge in [0.05, 0.1) is 6.61 Å². The SMILES string of the molecule is CCCCCCC/C=C\C/C=C\C/C=C\CCCCCCCCCCCCCCC(=O)OC(CO)COC(=O)CCCCCCCCCCCCCCCCCCCCC. The van der Waals surface area contributed by atoms with Gasteiger partial charge in [0, 0.05) is 12.8 Å². The lowest BCUT2D eigenvalue weighted by atomic mass is 10.0. The van der Waals surface area contributed by atoms with Crippen molar-refractivity contribution in [3.05, 3.63) is 36.5 Å². The molecule has 1 N–H and O–H groups in total. The summed E-state index contributed by atoms with van der Waals surface area (Å²) in [6, 6.07) is 0. The predicted octanol–water partition coefficient (Wildman–Crippen LogP) is 17.5. The van der Waals surface area contributed by atoms with Crippen LogP contribution in [-0.2, 0) is 19.1 Å². The van der Waals surface area contributed by atoms with Crippen molar-refractivity contribution in [1.29, 1.82) is 0 Å². The number of unbranched alkanes of at least 4 members (excludes halogenated alkanes) is 35. The van der Waals surface area contributed by atoms with E-state index >= 15 is 0 Å². The Kier molecular flexibility index (Phi) is 49.9. The second-order valence-electron chi connectivity index (χ2n) is 18.0. The molecule has 1 atom stereocenters. The predicted molar refractivity (Wildman–Crippen MR) is 261 cm³/mol. The molecule has 0 saturated heterocycles. The summed E-state index contributed by atoms with van der Waals surface area (Å²) in [5, 5.41) is 9.63. The molecule has 0 aromatic heterocycles. The Morgan fingerprint density at radius 1 is 0.383 bits per heavy atom. The third kappa shape index (κ3) is 48.8. The van der Waals surface area contributed by atoms with Gasteiger partial charge in [-0.25, -0.2) is 0 Å². The van der Waals surface area contributed by atoms with Gasteiger partial charge in [-0.3, -0.25) is 9.59 Å². The molecule has 0 aliphatic rings. The molecule has 1 unspecified atom stereocenters. The Balaban J connectivity index is 3.47. The van der Waals surface area contributed by atoms with Gasteiger partial charge in [0.2, 0.25) is 0 Å². The fourth-order valence-electron chi connectivity index (χ4n) is 7.92.